The Balaban J connectivity index is 2.47. The Bertz CT molecular complexity index is 243. The fraction of sp³-hybridized carbons (Fsp3) is 0.500. The molecular weight excluding hydrogens is 164 g/mol. The van der Waals surface area contributed by atoms with Gasteiger partial charge in [0.05, 0.1) is 0 Å². The lowest BCUT2D eigenvalue weighted by Gasteiger charge is -2.18. The second-order valence-corrected chi connectivity index (χ2v) is 3.15. The third kappa shape index (κ3) is 2.93. The van der Waals surface area contributed by atoms with Crippen molar-refractivity contribution in [1.29, 1.82) is 0 Å². The average molecular weight is 180 g/mol. The molecule has 1 aliphatic carbocycles. The van der Waals surface area contributed by atoms with Crippen LogP contribution in [0.3, 0.4) is 0 Å². The number of amides is 2. The van der Waals surface area contributed by atoms with E-state index in [1.54, 1.807) is 7.05 Å². The number of urea groups is 1. The molecule has 1 rings (SSSR count). The highest BCUT2D eigenvalue weighted by molar-refractivity contribution is 5.74. The zero-order valence-corrected chi connectivity index (χ0v) is 8.13. The summed E-state index contributed by atoms with van der Waals surface area (Å²) in [6.45, 7) is 2.00. The normalized spacial score (nSPS) is 17.5. The van der Waals surface area contributed by atoms with Crippen LogP contribution in [0.4, 0.5) is 4.79 Å². The molecule has 0 fully saturated rings. The maximum atomic E-state index is 11.0. The van der Waals surface area contributed by atoms with Crippen LogP contribution in [-0.4, -0.2) is 19.1 Å². The molecule has 0 aliphatic heterocycles. The summed E-state index contributed by atoms with van der Waals surface area (Å²) in [6, 6.07) is 0.00727. The minimum absolute atomic E-state index is 0.122. The summed E-state index contributed by atoms with van der Waals surface area (Å²) in [4.78, 5) is 11.0. The molecule has 1 unspecified atom stereocenters. The standard InChI is InChI=1S/C10H16N2O/c1-8(12-10(13)11-2)9-6-4-3-5-7-9/h3-4,6,8H,5,7H2,1-2H3,(H2,11,12,13). The van der Waals surface area contributed by atoms with Gasteiger partial charge in [0.2, 0.25) is 0 Å². The fourth-order valence-electron chi connectivity index (χ4n) is 1.34. The van der Waals surface area contributed by atoms with Crippen LogP contribution >= 0.6 is 0 Å². The van der Waals surface area contributed by atoms with Gasteiger partial charge >= 0.3 is 6.03 Å². The molecule has 2 N–H and O–H groups in total. The highest BCUT2D eigenvalue weighted by Gasteiger charge is 2.10. The second kappa shape index (κ2) is 4.70. The predicted molar refractivity (Wildman–Crippen MR) is 53.5 cm³/mol. The topological polar surface area (TPSA) is 41.1 Å². The summed E-state index contributed by atoms with van der Waals surface area (Å²) in [6.07, 6.45) is 8.37. The summed E-state index contributed by atoms with van der Waals surface area (Å²) in [5.41, 5.74) is 1.28. The van der Waals surface area contributed by atoms with Gasteiger partial charge in [0.1, 0.15) is 0 Å². The Labute approximate surface area is 78.9 Å². The smallest absolute Gasteiger partial charge is 0.314 e. The van der Waals surface area contributed by atoms with Gasteiger partial charge in [-0.05, 0) is 25.3 Å². The van der Waals surface area contributed by atoms with E-state index < -0.39 is 0 Å². The van der Waals surface area contributed by atoms with Crippen molar-refractivity contribution in [2.45, 2.75) is 25.8 Å². The third-order valence-electron chi connectivity index (χ3n) is 2.18. The maximum absolute atomic E-state index is 11.0. The lowest BCUT2D eigenvalue weighted by molar-refractivity contribution is 0.241. The maximum Gasteiger partial charge on any atom is 0.314 e. The van der Waals surface area contributed by atoms with Crippen LogP contribution < -0.4 is 10.6 Å². The van der Waals surface area contributed by atoms with Gasteiger partial charge in [-0.25, -0.2) is 4.79 Å². The van der Waals surface area contributed by atoms with Gasteiger partial charge in [-0.1, -0.05) is 18.2 Å². The van der Waals surface area contributed by atoms with Gasteiger partial charge in [0.25, 0.3) is 0 Å². The van der Waals surface area contributed by atoms with Crippen molar-refractivity contribution in [2.75, 3.05) is 7.05 Å². The first-order valence-corrected chi connectivity index (χ1v) is 4.58. The first-order valence-electron chi connectivity index (χ1n) is 4.58. The van der Waals surface area contributed by atoms with Crippen LogP contribution in [0.15, 0.2) is 23.8 Å². The Morgan fingerprint density at radius 2 is 2.38 bits per heavy atom. The summed E-state index contributed by atoms with van der Waals surface area (Å²) >= 11 is 0. The lowest BCUT2D eigenvalue weighted by Crippen LogP contribution is -2.40. The van der Waals surface area contributed by atoms with Crippen molar-refractivity contribution in [2.24, 2.45) is 0 Å². The van der Waals surface area contributed by atoms with Gasteiger partial charge in [0.15, 0.2) is 0 Å². The number of nitrogens with one attached hydrogen (secondary N) is 2. The molecule has 13 heavy (non-hydrogen) atoms. The molecule has 0 spiro atoms. The van der Waals surface area contributed by atoms with E-state index in [-0.39, 0.29) is 12.1 Å². The van der Waals surface area contributed by atoms with Crippen molar-refractivity contribution in [1.82, 2.24) is 10.6 Å². The van der Waals surface area contributed by atoms with Crippen LogP contribution in [0.1, 0.15) is 19.8 Å². The minimum atomic E-state index is -0.122. The van der Waals surface area contributed by atoms with Crippen LogP contribution in [0.2, 0.25) is 0 Å². The quantitative estimate of drug-likeness (QED) is 0.665. The largest absolute Gasteiger partial charge is 0.341 e. The summed E-state index contributed by atoms with van der Waals surface area (Å²) in [5, 5.41) is 5.39. The SMILES string of the molecule is CNC(=O)NC(C)C1=CC=CCC1. The molecule has 72 valence electrons. The van der Waals surface area contributed by atoms with E-state index in [1.807, 2.05) is 13.0 Å². The molecule has 1 atom stereocenters. The number of hydrogen-bond donors (Lipinski definition) is 2. The Morgan fingerprint density at radius 3 is 2.92 bits per heavy atom. The molecule has 1 aliphatic rings. The molecule has 3 heteroatoms. The summed E-state index contributed by atoms with van der Waals surface area (Å²) < 4.78 is 0. The molecule has 0 heterocycles. The van der Waals surface area contributed by atoms with Gasteiger partial charge in [-0.15, -0.1) is 0 Å². The Morgan fingerprint density at radius 1 is 1.62 bits per heavy atom. The molecule has 0 radical (unpaired) electrons. The van der Waals surface area contributed by atoms with Crippen molar-refractivity contribution in [3.05, 3.63) is 23.8 Å². The highest BCUT2D eigenvalue weighted by atomic mass is 16.2. The zero-order chi connectivity index (χ0) is 9.68. The molecule has 0 aromatic rings. The molecule has 0 aromatic heterocycles. The summed E-state index contributed by atoms with van der Waals surface area (Å²) in [5.74, 6) is 0. The molecule has 3 nitrogen and oxygen atoms in total. The Hall–Kier alpha value is -1.25. The molecule has 2 amide bonds. The number of rotatable bonds is 2. The van der Waals surface area contributed by atoms with E-state index in [0.717, 1.165) is 12.8 Å². The van der Waals surface area contributed by atoms with Crippen LogP contribution in [-0.2, 0) is 0 Å². The van der Waals surface area contributed by atoms with Crippen molar-refractivity contribution < 1.29 is 4.79 Å². The molecule has 0 bridgehead atoms. The molecule has 0 saturated heterocycles. The van der Waals surface area contributed by atoms with E-state index >= 15 is 0 Å². The van der Waals surface area contributed by atoms with E-state index in [9.17, 15) is 4.79 Å². The summed E-state index contributed by atoms with van der Waals surface area (Å²) in [7, 11) is 1.62. The van der Waals surface area contributed by atoms with Crippen molar-refractivity contribution >= 4 is 6.03 Å². The Kier molecular flexibility index (Phi) is 3.55. The third-order valence-corrected chi connectivity index (χ3v) is 2.18. The van der Waals surface area contributed by atoms with Gasteiger partial charge < -0.3 is 10.6 Å². The fourth-order valence-corrected chi connectivity index (χ4v) is 1.34. The first-order chi connectivity index (χ1) is 6.24. The van der Waals surface area contributed by atoms with Gasteiger partial charge in [0, 0.05) is 13.1 Å². The van der Waals surface area contributed by atoms with Gasteiger partial charge in [-0.3, -0.25) is 0 Å². The minimum Gasteiger partial charge on any atom is -0.341 e. The van der Waals surface area contributed by atoms with Crippen LogP contribution in [0, 0.1) is 0 Å². The number of hydrogen-bond acceptors (Lipinski definition) is 1. The van der Waals surface area contributed by atoms with Gasteiger partial charge in [-0.2, -0.15) is 0 Å². The van der Waals surface area contributed by atoms with E-state index in [2.05, 4.69) is 22.8 Å². The van der Waals surface area contributed by atoms with E-state index in [0.29, 0.717) is 0 Å². The number of carbonyl (C=O) groups is 1. The number of allylic oxidation sites excluding steroid dienone is 3. The van der Waals surface area contributed by atoms with Crippen LogP contribution in [0.5, 0.6) is 0 Å². The van der Waals surface area contributed by atoms with Crippen LogP contribution in [0.25, 0.3) is 0 Å². The zero-order valence-electron chi connectivity index (χ0n) is 8.13. The molecular formula is C10H16N2O. The van der Waals surface area contributed by atoms with E-state index in [4.69, 9.17) is 0 Å². The van der Waals surface area contributed by atoms with Crippen molar-refractivity contribution in [3.63, 3.8) is 0 Å². The average Bonchev–Trinajstić information content (AvgIpc) is 2.19. The second-order valence-electron chi connectivity index (χ2n) is 3.15. The molecule has 0 saturated carbocycles. The highest BCUT2D eigenvalue weighted by Crippen LogP contribution is 2.14. The molecule has 0 aromatic carbocycles. The number of carbonyl (C=O) groups excluding carboxylic acids is 1. The first kappa shape index (κ1) is 9.84. The predicted octanol–water partition coefficient (Wildman–Crippen LogP) is 1.58. The lowest BCUT2D eigenvalue weighted by atomic mass is 9.99. The van der Waals surface area contributed by atoms with Crippen molar-refractivity contribution in [3.8, 4) is 0 Å². The van der Waals surface area contributed by atoms with E-state index in [1.165, 1.54) is 5.57 Å². The monoisotopic (exact) mass is 180 g/mol.